The first kappa shape index (κ1) is 22.6. The van der Waals surface area contributed by atoms with Crippen molar-refractivity contribution in [1.29, 1.82) is 0 Å². The van der Waals surface area contributed by atoms with Crippen LogP contribution in [0.3, 0.4) is 0 Å². The van der Waals surface area contributed by atoms with Crippen LogP contribution in [-0.2, 0) is 22.6 Å². The van der Waals surface area contributed by atoms with E-state index < -0.39 is 0 Å². The number of aromatic nitrogens is 4. The second kappa shape index (κ2) is 8.90. The van der Waals surface area contributed by atoms with Crippen LogP contribution in [0.15, 0.2) is 34.6 Å². The maximum atomic E-state index is 12.6. The zero-order chi connectivity index (χ0) is 23.2. The predicted molar refractivity (Wildman–Crippen MR) is 136 cm³/mol. The van der Waals surface area contributed by atoms with Crippen LogP contribution in [0.4, 0.5) is 5.69 Å². The summed E-state index contributed by atoms with van der Waals surface area (Å²) in [5, 5.41) is 14.6. The average Bonchev–Trinajstić information content (AvgIpc) is 3.39. The summed E-state index contributed by atoms with van der Waals surface area (Å²) in [5.41, 5.74) is 3.77. The van der Waals surface area contributed by atoms with Crippen molar-refractivity contribution in [1.82, 2.24) is 19.6 Å². The Hall–Kier alpha value is -2.14. The molecule has 0 fully saturated rings. The maximum absolute atomic E-state index is 12.6. The largest absolute Gasteiger partial charge is 0.369 e. The molecule has 7 nitrogen and oxygen atoms in total. The van der Waals surface area contributed by atoms with E-state index in [9.17, 15) is 4.79 Å². The molecule has 4 aromatic rings. The third kappa shape index (κ3) is 4.14. The number of rotatable bonds is 6. The second-order valence-electron chi connectivity index (χ2n) is 8.34. The monoisotopic (exact) mass is 499 g/mol. The highest BCUT2D eigenvalue weighted by atomic mass is 32.2. The molecule has 4 heterocycles. The van der Waals surface area contributed by atoms with E-state index in [1.54, 1.807) is 23.1 Å². The van der Waals surface area contributed by atoms with E-state index in [4.69, 9.17) is 9.72 Å². The number of hydrogen-bond acceptors (Lipinski definition) is 8. The SMILES string of the molecule is CCC1(C)Cc2c(sc3nc(SC)n4c(SCC(=O)Nc5ccccc5C)nnc4c23)CO1. The summed E-state index contributed by atoms with van der Waals surface area (Å²) < 4.78 is 8.14. The van der Waals surface area contributed by atoms with Gasteiger partial charge in [-0.3, -0.25) is 4.79 Å². The summed E-state index contributed by atoms with van der Waals surface area (Å²) in [7, 11) is 0. The highest BCUT2D eigenvalue weighted by Gasteiger charge is 2.33. The van der Waals surface area contributed by atoms with Gasteiger partial charge in [0.05, 0.1) is 23.3 Å². The van der Waals surface area contributed by atoms with E-state index in [2.05, 4.69) is 29.4 Å². The standard InChI is InChI=1S/C23H25N5O2S3/c1-5-23(3)10-14-16(11-30-23)33-20-18(14)19-26-27-22(28(19)21(25-20)31-4)32-12-17(29)24-15-9-7-6-8-13(15)2/h6-9H,5,10-12H2,1-4H3,(H,24,29). The minimum atomic E-state index is -0.179. The highest BCUT2D eigenvalue weighted by Crippen LogP contribution is 2.42. The molecule has 1 aromatic carbocycles. The van der Waals surface area contributed by atoms with Crippen LogP contribution in [0, 0.1) is 6.92 Å². The number of nitrogens with zero attached hydrogens (tertiary/aromatic N) is 4. The molecule has 0 bridgehead atoms. The van der Waals surface area contributed by atoms with Crippen molar-refractivity contribution in [2.45, 2.75) is 56.1 Å². The molecular weight excluding hydrogens is 474 g/mol. The number of benzene rings is 1. The Bertz CT molecular complexity index is 1370. The summed E-state index contributed by atoms with van der Waals surface area (Å²) in [5.74, 6) is 0.166. The molecule has 33 heavy (non-hydrogen) atoms. The molecule has 1 aliphatic heterocycles. The van der Waals surface area contributed by atoms with Crippen LogP contribution in [-0.4, -0.2) is 43.1 Å². The molecular formula is C23H25N5O2S3. The van der Waals surface area contributed by atoms with E-state index in [0.29, 0.717) is 11.8 Å². The van der Waals surface area contributed by atoms with Gasteiger partial charge in [-0.05, 0) is 43.7 Å². The average molecular weight is 500 g/mol. The Morgan fingerprint density at radius 2 is 2.12 bits per heavy atom. The van der Waals surface area contributed by atoms with Gasteiger partial charge in [0.2, 0.25) is 5.91 Å². The molecule has 1 atom stereocenters. The normalized spacial score (nSPS) is 18.1. The first-order chi connectivity index (χ1) is 15.9. The van der Waals surface area contributed by atoms with E-state index in [1.165, 1.54) is 22.2 Å². The Morgan fingerprint density at radius 3 is 2.88 bits per heavy atom. The number of thioether (sulfide) groups is 2. The maximum Gasteiger partial charge on any atom is 0.234 e. The van der Waals surface area contributed by atoms with Crippen molar-refractivity contribution in [2.24, 2.45) is 0 Å². The Kier molecular flexibility index (Phi) is 6.11. The molecule has 1 N–H and O–H groups in total. The van der Waals surface area contributed by atoms with Gasteiger partial charge in [0.1, 0.15) is 4.83 Å². The number of para-hydroxylation sites is 1. The lowest BCUT2D eigenvalue weighted by molar-refractivity contribution is -0.113. The number of carbonyl (C=O) groups is 1. The number of fused-ring (bicyclic) bond motifs is 5. The zero-order valence-corrected chi connectivity index (χ0v) is 21.4. The van der Waals surface area contributed by atoms with Gasteiger partial charge in [-0.2, -0.15) is 0 Å². The van der Waals surface area contributed by atoms with Crippen LogP contribution in [0.2, 0.25) is 0 Å². The lowest BCUT2D eigenvalue weighted by Gasteiger charge is -2.32. The number of nitrogens with one attached hydrogen (secondary N) is 1. The number of aryl methyl sites for hydroxylation is 1. The van der Waals surface area contributed by atoms with Gasteiger partial charge in [0, 0.05) is 17.0 Å². The van der Waals surface area contributed by atoms with Crippen LogP contribution < -0.4 is 5.32 Å². The Labute approximate surface area is 204 Å². The minimum Gasteiger partial charge on any atom is -0.369 e. The lowest BCUT2D eigenvalue weighted by atomic mass is 9.90. The van der Waals surface area contributed by atoms with Gasteiger partial charge >= 0.3 is 0 Å². The third-order valence-electron chi connectivity index (χ3n) is 6.10. The molecule has 10 heteroatoms. The van der Waals surface area contributed by atoms with E-state index in [-0.39, 0.29) is 17.3 Å². The number of carbonyl (C=O) groups excluding carboxylic acids is 1. The number of ether oxygens (including phenoxy) is 1. The van der Waals surface area contributed by atoms with E-state index in [0.717, 1.165) is 45.1 Å². The van der Waals surface area contributed by atoms with E-state index >= 15 is 0 Å². The summed E-state index contributed by atoms with van der Waals surface area (Å²) in [6.45, 7) is 6.91. The Balaban J connectivity index is 1.48. The molecule has 3 aromatic heterocycles. The van der Waals surface area contributed by atoms with Crippen molar-refractivity contribution in [3.63, 3.8) is 0 Å². The topological polar surface area (TPSA) is 81.4 Å². The fourth-order valence-electron chi connectivity index (χ4n) is 4.00. The number of hydrogen-bond donors (Lipinski definition) is 1. The molecule has 0 radical (unpaired) electrons. The first-order valence-corrected chi connectivity index (χ1v) is 13.8. The van der Waals surface area contributed by atoms with Gasteiger partial charge in [0.25, 0.3) is 0 Å². The molecule has 5 rings (SSSR count). The lowest BCUT2D eigenvalue weighted by Crippen LogP contribution is -2.33. The second-order valence-corrected chi connectivity index (χ2v) is 11.1. The summed E-state index contributed by atoms with van der Waals surface area (Å²) in [6, 6.07) is 7.76. The van der Waals surface area contributed by atoms with Crippen LogP contribution >= 0.6 is 34.9 Å². The predicted octanol–water partition coefficient (Wildman–Crippen LogP) is 5.34. The number of thiophene rings is 1. The fraction of sp³-hybridized carbons (Fsp3) is 0.391. The molecule has 0 saturated heterocycles. The van der Waals surface area contributed by atoms with Crippen LogP contribution in [0.5, 0.6) is 0 Å². The molecule has 1 aliphatic rings. The van der Waals surface area contributed by atoms with Crippen LogP contribution in [0.1, 0.15) is 36.3 Å². The fourth-order valence-corrected chi connectivity index (χ4v) is 6.49. The van der Waals surface area contributed by atoms with E-state index in [1.807, 2.05) is 41.8 Å². The minimum absolute atomic E-state index is 0.0745. The Morgan fingerprint density at radius 1 is 1.30 bits per heavy atom. The van der Waals surface area contributed by atoms with Crippen molar-refractivity contribution in [3.8, 4) is 0 Å². The van der Waals surface area contributed by atoms with Crippen LogP contribution in [0.25, 0.3) is 15.9 Å². The van der Waals surface area contributed by atoms with Crippen molar-refractivity contribution in [2.75, 3.05) is 17.3 Å². The summed E-state index contributed by atoms with van der Waals surface area (Å²) in [6.07, 6.45) is 3.78. The molecule has 1 unspecified atom stereocenters. The quantitative estimate of drug-likeness (QED) is 0.283. The van der Waals surface area contributed by atoms with Gasteiger partial charge in [-0.25, -0.2) is 9.38 Å². The van der Waals surface area contributed by atoms with Gasteiger partial charge in [0.15, 0.2) is 16.0 Å². The molecule has 0 aliphatic carbocycles. The summed E-state index contributed by atoms with van der Waals surface area (Å²) in [4.78, 5) is 19.7. The molecule has 1 amide bonds. The van der Waals surface area contributed by atoms with Gasteiger partial charge in [-0.15, -0.1) is 21.5 Å². The third-order valence-corrected chi connectivity index (χ3v) is 8.77. The van der Waals surface area contributed by atoms with Crippen molar-refractivity contribution >= 4 is 62.3 Å². The highest BCUT2D eigenvalue weighted by molar-refractivity contribution is 8.00. The molecule has 172 valence electrons. The summed E-state index contributed by atoms with van der Waals surface area (Å²) >= 11 is 4.61. The molecule has 0 saturated carbocycles. The molecule has 0 spiro atoms. The van der Waals surface area contributed by atoms with Crippen molar-refractivity contribution < 1.29 is 9.53 Å². The smallest absolute Gasteiger partial charge is 0.234 e. The van der Waals surface area contributed by atoms with Gasteiger partial charge < -0.3 is 10.1 Å². The zero-order valence-electron chi connectivity index (χ0n) is 19.0. The first-order valence-electron chi connectivity index (χ1n) is 10.8. The van der Waals surface area contributed by atoms with Crippen molar-refractivity contribution in [3.05, 3.63) is 40.3 Å². The number of anilines is 1. The number of amides is 1. The van der Waals surface area contributed by atoms with Gasteiger partial charge in [-0.1, -0.05) is 48.6 Å².